The van der Waals surface area contributed by atoms with Crippen LogP contribution < -0.4 is 10.6 Å². The third-order valence-electron chi connectivity index (χ3n) is 3.41. The van der Waals surface area contributed by atoms with Crippen LogP contribution in [-0.4, -0.2) is 52.2 Å². The van der Waals surface area contributed by atoms with Crippen LogP contribution in [0.4, 0.5) is 11.5 Å². The Morgan fingerprint density at radius 1 is 1.20 bits per heavy atom. The predicted octanol–water partition coefficient (Wildman–Crippen LogP) is 0.349. The molecule has 1 aliphatic rings. The van der Waals surface area contributed by atoms with E-state index in [1.54, 1.807) is 18.5 Å². The van der Waals surface area contributed by atoms with E-state index in [9.17, 15) is 4.79 Å². The minimum Gasteiger partial charge on any atom is -0.396 e. The first-order chi connectivity index (χ1) is 9.75. The number of rotatable bonds is 2. The van der Waals surface area contributed by atoms with Crippen molar-refractivity contribution in [2.75, 3.05) is 36.8 Å². The van der Waals surface area contributed by atoms with E-state index >= 15 is 0 Å². The summed E-state index contributed by atoms with van der Waals surface area (Å²) in [7, 11) is 0. The predicted molar refractivity (Wildman–Crippen MR) is 75.4 cm³/mol. The summed E-state index contributed by atoms with van der Waals surface area (Å²) in [6.45, 7) is 2.74. The molecule has 1 fully saturated rings. The molecule has 3 rings (SSSR count). The fraction of sp³-hybridized carbons (Fsp3) is 0.308. The summed E-state index contributed by atoms with van der Waals surface area (Å²) < 4.78 is 0. The van der Waals surface area contributed by atoms with Crippen LogP contribution in [0.1, 0.15) is 10.5 Å². The number of piperazine rings is 1. The molecule has 0 radical (unpaired) electrons. The van der Waals surface area contributed by atoms with Gasteiger partial charge in [-0.25, -0.2) is 4.98 Å². The van der Waals surface area contributed by atoms with Crippen molar-refractivity contribution in [1.82, 2.24) is 20.1 Å². The van der Waals surface area contributed by atoms with Gasteiger partial charge in [0, 0.05) is 38.6 Å². The number of hydrogen-bond acceptors (Lipinski definition) is 5. The molecule has 0 bridgehead atoms. The van der Waals surface area contributed by atoms with Crippen LogP contribution >= 0.6 is 0 Å². The second-order valence-corrected chi connectivity index (χ2v) is 4.67. The summed E-state index contributed by atoms with van der Waals surface area (Å²) in [5.74, 6) is 0.775. The first-order valence-electron chi connectivity index (χ1n) is 6.50. The second kappa shape index (κ2) is 5.20. The molecule has 3 heterocycles. The highest BCUT2D eigenvalue weighted by atomic mass is 16.2. The zero-order valence-corrected chi connectivity index (χ0v) is 11.0. The van der Waals surface area contributed by atoms with Gasteiger partial charge in [-0.1, -0.05) is 0 Å². The third-order valence-corrected chi connectivity index (χ3v) is 3.41. The topological polar surface area (TPSA) is 91.1 Å². The molecule has 1 amide bonds. The molecule has 7 heteroatoms. The van der Waals surface area contributed by atoms with Crippen LogP contribution in [0, 0.1) is 0 Å². The molecule has 0 spiro atoms. The Morgan fingerprint density at radius 3 is 2.65 bits per heavy atom. The van der Waals surface area contributed by atoms with Gasteiger partial charge in [-0.3, -0.25) is 9.89 Å². The lowest BCUT2D eigenvalue weighted by atomic mass is 10.2. The van der Waals surface area contributed by atoms with E-state index in [0.29, 0.717) is 24.5 Å². The van der Waals surface area contributed by atoms with Gasteiger partial charge in [-0.2, -0.15) is 5.10 Å². The highest BCUT2D eigenvalue weighted by Crippen LogP contribution is 2.20. The van der Waals surface area contributed by atoms with Crippen LogP contribution in [0.2, 0.25) is 0 Å². The van der Waals surface area contributed by atoms with Crippen molar-refractivity contribution in [3.05, 3.63) is 36.3 Å². The maximum Gasteiger partial charge on any atom is 0.271 e. The fourth-order valence-electron chi connectivity index (χ4n) is 2.34. The molecule has 20 heavy (non-hydrogen) atoms. The van der Waals surface area contributed by atoms with E-state index in [2.05, 4.69) is 20.1 Å². The summed E-state index contributed by atoms with van der Waals surface area (Å²) >= 11 is 0. The first-order valence-corrected chi connectivity index (χ1v) is 6.50. The lowest BCUT2D eigenvalue weighted by Crippen LogP contribution is -2.49. The molecule has 0 unspecified atom stereocenters. The van der Waals surface area contributed by atoms with Gasteiger partial charge in [-0.15, -0.1) is 0 Å². The van der Waals surface area contributed by atoms with Crippen molar-refractivity contribution in [3.8, 4) is 0 Å². The minimum atomic E-state index is -0.0175. The van der Waals surface area contributed by atoms with Crippen LogP contribution in [0.15, 0.2) is 30.6 Å². The Balaban J connectivity index is 1.65. The van der Waals surface area contributed by atoms with Crippen molar-refractivity contribution in [1.29, 1.82) is 0 Å². The summed E-state index contributed by atoms with van der Waals surface area (Å²) in [5.41, 5.74) is 7.12. The highest BCUT2D eigenvalue weighted by molar-refractivity contribution is 5.92. The normalized spacial score (nSPS) is 15.4. The van der Waals surface area contributed by atoms with E-state index in [1.807, 2.05) is 17.0 Å². The largest absolute Gasteiger partial charge is 0.396 e. The average molecular weight is 272 g/mol. The second-order valence-electron chi connectivity index (χ2n) is 4.67. The molecule has 3 N–H and O–H groups in total. The highest BCUT2D eigenvalue weighted by Gasteiger charge is 2.24. The number of nitrogen functional groups attached to an aromatic ring is 1. The van der Waals surface area contributed by atoms with Gasteiger partial charge >= 0.3 is 0 Å². The van der Waals surface area contributed by atoms with Gasteiger partial charge in [-0.05, 0) is 18.2 Å². The van der Waals surface area contributed by atoms with E-state index < -0.39 is 0 Å². The molecule has 2 aromatic heterocycles. The Labute approximate surface area is 116 Å². The molecule has 1 saturated heterocycles. The maximum absolute atomic E-state index is 12.2. The third kappa shape index (κ3) is 2.29. The number of pyridine rings is 1. The monoisotopic (exact) mass is 272 g/mol. The summed E-state index contributed by atoms with van der Waals surface area (Å²) in [6, 6.07) is 5.34. The SMILES string of the molecule is Nc1cccnc1N1CCN(C(=O)c2ccn[nH]2)CC1. The van der Waals surface area contributed by atoms with E-state index in [1.165, 1.54) is 0 Å². The number of aromatic amines is 1. The van der Waals surface area contributed by atoms with Gasteiger partial charge in [0.2, 0.25) is 0 Å². The molecule has 0 aliphatic carbocycles. The smallest absolute Gasteiger partial charge is 0.271 e. The summed E-state index contributed by atoms with van der Waals surface area (Å²) in [5, 5.41) is 6.50. The van der Waals surface area contributed by atoms with Crippen LogP contribution in [-0.2, 0) is 0 Å². The standard InChI is InChI=1S/C13H16N6O/c14-10-2-1-4-15-12(10)18-6-8-19(9-7-18)13(20)11-3-5-16-17-11/h1-5H,6-9,14H2,(H,16,17). The van der Waals surface area contributed by atoms with Crippen molar-refractivity contribution in [2.45, 2.75) is 0 Å². The van der Waals surface area contributed by atoms with Crippen molar-refractivity contribution < 1.29 is 4.79 Å². The summed E-state index contributed by atoms with van der Waals surface area (Å²) in [4.78, 5) is 20.4. The van der Waals surface area contributed by atoms with E-state index in [-0.39, 0.29) is 5.91 Å². The number of hydrogen-bond donors (Lipinski definition) is 2. The zero-order valence-electron chi connectivity index (χ0n) is 11.0. The quantitative estimate of drug-likeness (QED) is 0.823. The van der Waals surface area contributed by atoms with Gasteiger partial charge in [0.1, 0.15) is 5.69 Å². The number of amides is 1. The number of H-pyrrole nitrogens is 1. The number of aromatic nitrogens is 3. The molecule has 7 nitrogen and oxygen atoms in total. The van der Waals surface area contributed by atoms with Gasteiger partial charge in [0.05, 0.1) is 5.69 Å². The Morgan fingerprint density at radius 2 is 2.00 bits per heavy atom. The lowest BCUT2D eigenvalue weighted by Gasteiger charge is -2.35. The fourth-order valence-corrected chi connectivity index (χ4v) is 2.34. The number of nitrogens with two attached hydrogens (primary N) is 1. The Bertz CT molecular complexity index is 589. The van der Waals surface area contributed by atoms with Crippen molar-refractivity contribution >= 4 is 17.4 Å². The molecule has 0 aromatic carbocycles. The lowest BCUT2D eigenvalue weighted by molar-refractivity contribution is 0.0740. The minimum absolute atomic E-state index is 0.0175. The van der Waals surface area contributed by atoms with Crippen LogP contribution in [0.5, 0.6) is 0 Å². The van der Waals surface area contributed by atoms with Crippen LogP contribution in [0.3, 0.4) is 0 Å². The van der Waals surface area contributed by atoms with Crippen LogP contribution in [0.25, 0.3) is 0 Å². The molecule has 0 atom stereocenters. The number of nitrogens with zero attached hydrogens (tertiary/aromatic N) is 4. The number of carbonyl (C=O) groups is 1. The maximum atomic E-state index is 12.2. The number of anilines is 2. The van der Waals surface area contributed by atoms with Crippen molar-refractivity contribution in [2.24, 2.45) is 0 Å². The molecule has 2 aromatic rings. The summed E-state index contributed by atoms with van der Waals surface area (Å²) in [6.07, 6.45) is 3.31. The molecule has 0 saturated carbocycles. The van der Waals surface area contributed by atoms with Gasteiger partial charge < -0.3 is 15.5 Å². The Hall–Kier alpha value is -2.57. The van der Waals surface area contributed by atoms with Gasteiger partial charge in [0.25, 0.3) is 5.91 Å². The zero-order chi connectivity index (χ0) is 13.9. The molecule has 1 aliphatic heterocycles. The first kappa shape index (κ1) is 12.5. The van der Waals surface area contributed by atoms with Crippen molar-refractivity contribution in [3.63, 3.8) is 0 Å². The van der Waals surface area contributed by atoms with E-state index in [0.717, 1.165) is 18.9 Å². The molecular formula is C13H16N6O. The molecular weight excluding hydrogens is 256 g/mol. The average Bonchev–Trinajstić information content (AvgIpc) is 3.01. The number of carbonyl (C=O) groups excluding carboxylic acids is 1. The van der Waals surface area contributed by atoms with E-state index in [4.69, 9.17) is 5.73 Å². The van der Waals surface area contributed by atoms with Gasteiger partial charge in [0.15, 0.2) is 5.82 Å². The molecule has 104 valence electrons. The number of nitrogens with one attached hydrogen (secondary N) is 1. The Kier molecular flexibility index (Phi) is 3.24.